The minimum absolute atomic E-state index is 0. The molecule has 0 saturated heterocycles. The summed E-state index contributed by atoms with van der Waals surface area (Å²) in [6, 6.07) is 4.73. The molecule has 2 rings (SSSR count). The lowest BCUT2D eigenvalue weighted by Crippen LogP contribution is -2.37. The van der Waals surface area contributed by atoms with E-state index in [2.05, 4.69) is 26.4 Å². The van der Waals surface area contributed by atoms with Crippen LogP contribution in [-0.2, 0) is 6.54 Å². The van der Waals surface area contributed by atoms with E-state index in [9.17, 15) is 8.78 Å². The normalized spacial score (nSPS) is 13.9. The highest BCUT2D eigenvalue weighted by atomic mass is 127. The van der Waals surface area contributed by atoms with Crippen molar-refractivity contribution in [3.8, 4) is 11.5 Å². The summed E-state index contributed by atoms with van der Waals surface area (Å²) in [5.74, 6) is 1.31. The first-order chi connectivity index (χ1) is 12.1. The number of nitrogens with one attached hydrogen (secondary N) is 2. The Morgan fingerprint density at radius 1 is 1.31 bits per heavy atom. The van der Waals surface area contributed by atoms with E-state index in [-0.39, 0.29) is 29.7 Å². The maximum atomic E-state index is 12.5. The van der Waals surface area contributed by atoms with Gasteiger partial charge in [0.2, 0.25) is 0 Å². The molecule has 0 saturated carbocycles. The van der Waals surface area contributed by atoms with Gasteiger partial charge in [0.05, 0.1) is 7.11 Å². The molecule has 0 unspecified atom stereocenters. The van der Waals surface area contributed by atoms with E-state index in [1.165, 1.54) is 38.0 Å². The number of hydrogen-bond acceptors (Lipinski definition) is 3. The van der Waals surface area contributed by atoms with Crippen LogP contribution in [-0.4, -0.2) is 33.3 Å². The molecule has 1 aliphatic carbocycles. The van der Waals surface area contributed by atoms with Crippen LogP contribution in [0.4, 0.5) is 8.78 Å². The fourth-order valence-electron chi connectivity index (χ4n) is 2.74. The van der Waals surface area contributed by atoms with Gasteiger partial charge in [0, 0.05) is 25.7 Å². The molecule has 2 N–H and O–H groups in total. The Labute approximate surface area is 170 Å². The number of methoxy groups -OCH3 is 1. The molecule has 0 radical (unpaired) electrons. The Hall–Kier alpha value is -1.58. The molecule has 0 atom stereocenters. The van der Waals surface area contributed by atoms with E-state index in [1.807, 2.05) is 0 Å². The highest BCUT2D eigenvalue weighted by molar-refractivity contribution is 14.0. The van der Waals surface area contributed by atoms with Gasteiger partial charge in [0.1, 0.15) is 11.5 Å². The number of aliphatic imine (C=N–C) groups is 1. The third-order valence-corrected chi connectivity index (χ3v) is 4.03. The first-order valence-electron chi connectivity index (χ1n) is 8.36. The standard InChI is InChI=1S/C18H25F2N3O2.HI/c1-21-18(22-10-9-13-5-3-4-6-13)23-12-14-11-15(24-2)7-8-16(14)25-17(19)20;/h5,7-8,11,17H,3-4,6,9-10,12H2,1-2H3,(H2,21,22,23);1H. The average molecular weight is 481 g/mol. The Kier molecular flexibility index (Phi) is 10.3. The summed E-state index contributed by atoms with van der Waals surface area (Å²) in [6.45, 7) is -1.80. The number of halogens is 3. The van der Waals surface area contributed by atoms with Crippen molar-refractivity contribution in [1.29, 1.82) is 0 Å². The molecule has 8 heteroatoms. The van der Waals surface area contributed by atoms with Crippen LogP contribution in [0.2, 0.25) is 0 Å². The highest BCUT2D eigenvalue weighted by Gasteiger charge is 2.12. The molecule has 0 amide bonds. The van der Waals surface area contributed by atoms with Crippen LogP contribution >= 0.6 is 24.0 Å². The van der Waals surface area contributed by atoms with Crippen LogP contribution in [0.15, 0.2) is 34.8 Å². The summed E-state index contributed by atoms with van der Waals surface area (Å²) in [4.78, 5) is 4.16. The highest BCUT2D eigenvalue weighted by Crippen LogP contribution is 2.25. The monoisotopic (exact) mass is 481 g/mol. The fourth-order valence-corrected chi connectivity index (χ4v) is 2.74. The van der Waals surface area contributed by atoms with Gasteiger partial charge in [-0.15, -0.1) is 24.0 Å². The van der Waals surface area contributed by atoms with Crippen LogP contribution in [0.3, 0.4) is 0 Å². The molecule has 5 nitrogen and oxygen atoms in total. The summed E-state index contributed by atoms with van der Waals surface area (Å²) in [5, 5.41) is 6.35. The number of alkyl halides is 2. The summed E-state index contributed by atoms with van der Waals surface area (Å²) < 4.78 is 34.8. The molecule has 0 spiro atoms. The van der Waals surface area contributed by atoms with Crippen molar-refractivity contribution in [3.63, 3.8) is 0 Å². The van der Waals surface area contributed by atoms with E-state index in [0.717, 1.165) is 13.0 Å². The van der Waals surface area contributed by atoms with Crippen LogP contribution in [0, 0.1) is 0 Å². The van der Waals surface area contributed by atoms with E-state index in [4.69, 9.17) is 4.74 Å². The molecule has 0 bridgehead atoms. The lowest BCUT2D eigenvalue weighted by Gasteiger charge is -2.15. The van der Waals surface area contributed by atoms with Crippen molar-refractivity contribution < 1.29 is 18.3 Å². The van der Waals surface area contributed by atoms with E-state index < -0.39 is 6.61 Å². The molecular formula is C18H26F2IN3O2. The van der Waals surface area contributed by atoms with Crippen LogP contribution in [0.5, 0.6) is 11.5 Å². The number of benzene rings is 1. The number of guanidine groups is 1. The smallest absolute Gasteiger partial charge is 0.387 e. The van der Waals surface area contributed by atoms with Crippen molar-refractivity contribution in [2.45, 2.75) is 38.8 Å². The zero-order valence-corrected chi connectivity index (χ0v) is 17.4. The predicted molar refractivity (Wildman–Crippen MR) is 110 cm³/mol. The minimum atomic E-state index is -2.87. The van der Waals surface area contributed by atoms with Crippen molar-refractivity contribution >= 4 is 29.9 Å². The number of ether oxygens (including phenoxy) is 2. The fraction of sp³-hybridized carbons (Fsp3) is 0.500. The average Bonchev–Trinajstić information content (AvgIpc) is 3.12. The third-order valence-electron chi connectivity index (χ3n) is 4.03. The molecule has 0 heterocycles. The zero-order chi connectivity index (χ0) is 18.1. The van der Waals surface area contributed by atoms with E-state index >= 15 is 0 Å². The van der Waals surface area contributed by atoms with Crippen LogP contribution < -0.4 is 20.1 Å². The molecule has 1 aromatic rings. The first-order valence-corrected chi connectivity index (χ1v) is 8.36. The Morgan fingerprint density at radius 2 is 2.12 bits per heavy atom. The first kappa shape index (κ1) is 22.5. The van der Waals surface area contributed by atoms with Gasteiger partial charge in [-0.1, -0.05) is 11.6 Å². The molecule has 0 aromatic heterocycles. The lowest BCUT2D eigenvalue weighted by molar-refractivity contribution is -0.0504. The van der Waals surface area contributed by atoms with Crippen LogP contribution in [0.1, 0.15) is 31.2 Å². The number of nitrogens with zero attached hydrogens (tertiary/aromatic N) is 1. The van der Waals surface area contributed by atoms with Gasteiger partial charge in [-0.25, -0.2) is 0 Å². The summed E-state index contributed by atoms with van der Waals surface area (Å²) in [5.41, 5.74) is 2.05. The Balaban J connectivity index is 0.00000338. The second kappa shape index (κ2) is 11.9. The van der Waals surface area contributed by atoms with Gasteiger partial charge in [0.15, 0.2) is 5.96 Å². The summed E-state index contributed by atoms with van der Waals surface area (Å²) in [7, 11) is 3.20. The molecule has 1 aliphatic rings. The zero-order valence-electron chi connectivity index (χ0n) is 15.1. The number of rotatable bonds is 8. The molecular weight excluding hydrogens is 455 g/mol. The maximum absolute atomic E-state index is 12.5. The van der Waals surface area contributed by atoms with Crippen molar-refractivity contribution in [1.82, 2.24) is 10.6 Å². The van der Waals surface area contributed by atoms with E-state index in [0.29, 0.717) is 23.8 Å². The van der Waals surface area contributed by atoms with E-state index in [1.54, 1.807) is 19.2 Å². The number of hydrogen-bond donors (Lipinski definition) is 2. The molecule has 146 valence electrons. The third kappa shape index (κ3) is 7.35. The van der Waals surface area contributed by atoms with Crippen molar-refractivity contribution in [3.05, 3.63) is 35.4 Å². The SMILES string of the molecule is CN=C(NCCC1=CCCC1)NCc1cc(OC)ccc1OC(F)F.I. The van der Waals surface area contributed by atoms with Gasteiger partial charge in [0.25, 0.3) is 0 Å². The number of allylic oxidation sites excluding steroid dienone is 1. The largest absolute Gasteiger partial charge is 0.497 e. The van der Waals surface area contributed by atoms with Gasteiger partial charge >= 0.3 is 6.61 Å². The summed E-state index contributed by atoms with van der Waals surface area (Å²) >= 11 is 0. The topological polar surface area (TPSA) is 54.9 Å². The molecule has 0 fully saturated rings. The van der Waals surface area contributed by atoms with Crippen molar-refractivity contribution in [2.24, 2.45) is 4.99 Å². The second-order valence-corrected chi connectivity index (χ2v) is 5.71. The van der Waals surface area contributed by atoms with Gasteiger partial charge < -0.3 is 20.1 Å². The molecule has 26 heavy (non-hydrogen) atoms. The lowest BCUT2D eigenvalue weighted by atomic mass is 10.2. The van der Waals surface area contributed by atoms with Gasteiger partial charge in [-0.3, -0.25) is 4.99 Å². The van der Waals surface area contributed by atoms with Gasteiger partial charge in [-0.2, -0.15) is 8.78 Å². The molecule has 1 aromatic carbocycles. The maximum Gasteiger partial charge on any atom is 0.387 e. The van der Waals surface area contributed by atoms with Gasteiger partial charge in [-0.05, 0) is 43.9 Å². The minimum Gasteiger partial charge on any atom is -0.497 e. The summed E-state index contributed by atoms with van der Waals surface area (Å²) in [6.07, 6.45) is 6.86. The Bertz CT molecular complexity index is 624. The van der Waals surface area contributed by atoms with Crippen LogP contribution in [0.25, 0.3) is 0 Å². The predicted octanol–water partition coefficient (Wildman–Crippen LogP) is 4.08. The second-order valence-electron chi connectivity index (χ2n) is 5.71. The molecule has 0 aliphatic heterocycles. The van der Waals surface area contributed by atoms with Crippen molar-refractivity contribution in [2.75, 3.05) is 20.7 Å². The Morgan fingerprint density at radius 3 is 2.73 bits per heavy atom. The quantitative estimate of drug-likeness (QED) is 0.254.